The van der Waals surface area contributed by atoms with Crippen molar-refractivity contribution in [2.45, 2.75) is 45.0 Å². The maximum absolute atomic E-state index is 12.1. The molecule has 0 unspecified atom stereocenters. The summed E-state index contributed by atoms with van der Waals surface area (Å²) < 4.78 is 41.6. The second-order valence-electron chi connectivity index (χ2n) is 4.50. The maximum Gasteiger partial charge on any atom is 0.389 e. The van der Waals surface area contributed by atoms with Crippen LogP contribution in [0.5, 0.6) is 5.75 Å². The number of nitrogens with two attached hydrogens (primary N) is 1. The maximum atomic E-state index is 12.1. The molecule has 0 spiro atoms. The highest BCUT2D eigenvalue weighted by atomic mass is 35.5. The Morgan fingerprint density at radius 2 is 1.68 bits per heavy atom. The first kappa shape index (κ1) is 18.1. The van der Waals surface area contributed by atoms with E-state index in [9.17, 15) is 13.2 Å². The smallest absolute Gasteiger partial charge is 0.389 e. The van der Waals surface area contributed by atoms with Crippen LogP contribution < -0.4 is 10.5 Å². The molecule has 2 nitrogen and oxygen atoms in total. The molecular weight excluding hydrogens is 279 g/mol. The van der Waals surface area contributed by atoms with Gasteiger partial charge in [0.1, 0.15) is 5.75 Å². The molecule has 1 rings (SSSR count). The Balaban J connectivity index is 0.00000324. The first-order chi connectivity index (χ1) is 8.28. The van der Waals surface area contributed by atoms with Gasteiger partial charge in [-0.15, -0.1) is 12.4 Å². The highest BCUT2D eigenvalue weighted by Gasteiger charge is 2.27. The fraction of sp³-hybridized carbons (Fsp3) is 0.538. The fourth-order valence-corrected chi connectivity index (χ4v) is 1.55. The van der Waals surface area contributed by atoms with E-state index < -0.39 is 18.6 Å². The van der Waals surface area contributed by atoms with Gasteiger partial charge in [0.15, 0.2) is 0 Å². The molecule has 0 saturated heterocycles. The number of hydrogen-bond donors (Lipinski definition) is 1. The van der Waals surface area contributed by atoms with Crippen LogP contribution >= 0.6 is 12.4 Å². The zero-order chi connectivity index (χ0) is 13.8. The van der Waals surface area contributed by atoms with Crippen molar-refractivity contribution in [2.75, 3.05) is 0 Å². The Labute approximate surface area is 117 Å². The summed E-state index contributed by atoms with van der Waals surface area (Å²) in [6.07, 6.45) is -5.06. The van der Waals surface area contributed by atoms with E-state index in [-0.39, 0.29) is 24.9 Å². The van der Waals surface area contributed by atoms with Gasteiger partial charge in [0, 0.05) is 12.5 Å². The Bertz CT molecular complexity index is 365. The summed E-state index contributed by atoms with van der Waals surface area (Å²) in [5, 5.41) is 0. The molecule has 1 aromatic rings. The molecule has 0 aliphatic rings. The Morgan fingerprint density at radius 1 is 1.16 bits per heavy atom. The van der Waals surface area contributed by atoms with E-state index in [4.69, 9.17) is 10.5 Å². The van der Waals surface area contributed by atoms with Crippen molar-refractivity contribution >= 4 is 12.4 Å². The first-order valence-electron chi connectivity index (χ1n) is 5.87. The van der Waals surface area contributed by atoms with Crippen molar-refractivity contribution in [3.63, 3.8) is 0 Å². The SMILES string of the molecule is CC(C)Oc1ccc([C@@H](N)CCC(F)(F)F)cc1.Cl. The van der Waals surface area contributed by atoms with Gasteiger partial charge in [0.05, 0.1) is 6.10 Å². The van der Waals surface area contributed by atoms with Crippen molar-refractivity contribution in [3.05, 3.63) is 29.8 Å². The molecule has 0 bridgehead atoms. The molecule has 0 radical (unpaired) electrons. The normalized spacial score (nSPS) is 13.0. The van der Waals surface area contributed by atoms with Crippen molar-refractivity contribution < 1.29 is 17.9 Å². The molecule has 6 heteroatoms. The molecule has 0 aromatic heterocycles. The average Bonchev–Trinajstić information content (AvgIpc) is 2.25. The summed E-state index contributed by atoms with van der Waals surface area (Å²) in [7, 11) is 0. The number of ether oxygens (including phenoxy) is 1. The molecular formula is C13H19ClF3NO. The summed E-state index contributed by atoms with van der Waals surface area (Å²) in [6, 6.07) is 6.27. The lowest BCUT2D eigenvalue weighted by molar-refractivity contribution is -0.136. The van der Waals surface area contributed by atoms with Crippen LogP contribution in [-0.2, 0) is 0 Å². The molecule has 1 aromatic carbocycles. The largest absolute Gasteiger partial charge is 0.491 e. The summed E-state index contributed by atoms with van der Waals surface area (Å²) in [5.41, 5.74) is 6.40. The molecule has 0 aliphatic heterocycles. The minimum atomic E-state index is -4.15. The van der Waals surface area contributed by atoms with E-state index >= 15 is 0 Å². The molecule has 110 valence electrons. The van der Waals surface area contributed by atoms with Gasteiger partial charge in [-0.05, 0) is 38.0 Å². The van der Waals surface area contributed by atoms with Gasteiger partial charge >= 0.3 is 6.18 Å². The van der Waals surface area contributed by atoms with Crippen LogP contribution in [0, 0.1) is 0 Å². The molecule has 1 atom stereocenters. The van der Waals surface area contributed by atoms with Crippen LogP contribution in [0.1, 0.15) is 38.3 Å². The second-order valence-corrected chi connectivity index (χ2v) is 4.50. The zero-order valence-corrected chi connectivity index (χ0v) is 11.7. The van der Waals surface area contributed by atoms with E-state index in [2.05, 4.69) is 0 Å². The molecule has 0 amide bonds. The van der Waals surface area contributed by atoms with Gasteiger partial charge in [-0.2, -0.15) is 13.2 Å². The van der Waals surface area contributed by atoms with Crippen LogP contribution in [0.4, 0.5) is 13.2 Å². The van der Waals surface area contributed by atoms with Crippen LogP contribution in [-0.4, -0.2) is 12.3 Å². The van der Waals surface area contributed by atoms with Crippen molar-refractivity contribution in [3.8, 4) is 5.75 Å². The van der Waals surface area contributed by atoms with Crippen LogP contribution in [0.15, 0.2) is 24.3 Å². The third kappa shape index (κ3) is 7.28. The van der Waals surface area contributed by atoms with Crippen molar-refractivity contribution in [2.24, 2.45) is 5.73 Å². The highest BCUT2D eigenvalue weighted by molar-refractivity contribution is 5.85. The lowest BCUT2D eigenvalue weighted by Crippen LogP contribution is -2.15. The number of hydrogen-bond acceptors (Lipinski definition) is 2. The third-order valence-electron chi connectivity index (χ3n) is 2.42. The molecule has 0 heterocycles. The van der Waals surface area contributed by atoms with Crippen LogP contribution in [0.2, 0.25) is 0 Å². The van der Waals surface area contributed by atoms with E-state index in [0.717, 1.165) is 0 Å². The summed E-state index contributed by atoms with van der Waals surface area (Å²) >= 11 is 0. The quantitative estimate of drug-likeness (QED) is 0.882. The number of rotatable bonds is 5. The van der Waals surface area contributed by atoms with E-state index in [1.54, 1.807) is 24.3 Å². The topological polar surface area (TPSA) is 35.2 Å². The Kier molecular flexibility index (Phi) is 7.23. The molecule has 0 saturated carbocycles. The van der Waals surface area contributed by atoms with Gasteiger partial charge in [-0.3, -0.25) is 0 Å². The van der Waals surface area contributed by atoms with Gasteiger partial charge in [-0.1, -0.05) is 12.1 Å². The number of benzene rings is 1. The predicted molar refractivity (Wildman–Crippen MR) is 71.7 cm³/mol. The molecule has 0 aliphatic carbocycles. The number of halogens is 4. The summed E-state index contributed by atoms with van der Waals surface area (Å²) in [6.45, 7) is 3.81. The van der Waals surface area contributed by atoms with Gasteiger partial charge in [0.2, 0.25) is 0 Å². The molecule has 19 heavy (non-hydrogen) atoms. The monoisotopic (exact) mass is 297 g/mol. The fourth-order valence-electron chi connectivity index (χ4n) is 1.55. The second kappa shape index (κ2) is 7.60. The first-order valence-corrected chi connectivity index (χ1v) is 5.87. The van der Waals surface area contributed by atoms with E-state index in [1.807, 2.05) is 13.8 Å². The van der Waals surface area contributed by atoms with Crippen molar-refractivity contribution in [1.82, 2.24) is 0 Å². The molecule has 0 fully saturated rings. The lowest BCUT2D eigenvalue weighted by Gasteiger charge is -2.15. The Hall–Kier alpha value is -0.940. The van der Waals surface area contributed by atoms with Crippen LogP contribution in [0.3, 0.4) is 0 Å². The highest BCUT2D eigenvalue weighted by Crippen LogP contribution is 2.27. The van der Waals surface area contributed by atoms with E-state index in [0.29, 0.717) is 11.3 Å². The average molecular weight is 298 g/mol. The zero-order valence-electron chi connectivity index (χ0n) is 10.9. The third-order valence-corrected chi connectivity index (χ3v) is 2.42. The van der Waals surface area contributed by atoms with Crippen LogP contribution in [0.25, 0.3) is 0 Å². The number of alkyl halides is 3. The minimum Gasteiger partial charge on any atom is -0.491 e. The van der Waals surface area contributed by atoms with E-state index in [1.165, 1.54) is 0 Å². The minimum absolute atomic E-state index is 0. The van der Waals surface area contributed by atoms with Gasteiger partial charge < -0.3 is 10.5 Å². The summed E-state index contributed by atoms with van der Waals surface area (Å²) in [4.78, 5) is 0. The standard InChI is InChI=1S/C13H18F3NO.ClH/c1-9(2)18-11-5-3-10(4-6-11)12(17)7-8-13(14,15)16;/h3-6,9,12H,7-8,17H2,1-2H3;1H/t12-;/m0./s1. The van der Waals surface area contributed by atoms with Gasteiger partial charge in [-0.25, -0.2) is 0 Å². The summed E-state index contributed by atoms with van der Waals surface area (Å²) in [5.74, 6) is 0.691. The lowest BCUT2D eigenvalue weighted by atomic mass is 10.0. The Morgan fingerprint density at radius 3 is 2.11 bits per heavy atom. The molecule has 2 N–H and O–H groups in total. The predicted octanol–water partition coefficient (Wildman–Crippen LogP) is 4.24. The van der Waals surface area contributed by atoms with Crippen molar-refractivity contribution in [1.29, 1.82) is 0 Å². The van der Waals surface area contributed by atoms with Gasteiger partial charge in [0.25, 0.3) is 0 Å².